The van der Waals surface area contributed by atoms with Crippen LogP contribution in [0.1, 0.15) is 24.0 Å². The lowest BCUT2D eigenvalue weighted by molar-refractivity contribution is -0.120. The van der Waals surface area contributed by atoms with Crippen LogP contribution in [0, 0.1) is 0 Å². The molecule has 1 unspecified atom stereocenters. The Hall–Kier alpha value is -2.90. The van der Waals surface area contributed by atoms with E-state index in [-0.39, 0.29) is 12.5 Å². The van der Waals surface area contributed by atoms with Crippen molar-refractivity contribution < 1.29 is 19.1 Å². The van der Waals surface area contributed by atoms with E-state index in [4.69, 9.17) is 9.47 Å². The van der Waals surface area contributed by atoms with Crippen LogP contribution in [-0.4, -0.2) is 60.7 Å². The summed E-state index contributed by atoms with van der Waals surface area (Å²) in [6.45, 7) is 5.05. The third kappa shape index (κ3) is 5.83. The van der Waals surface area contributed by atoms with E-state index in [0.29, 0.717) is 13.0 Å². The Balaban J connectivity index is 1.29. The van der Waals surface area contributed by atoms with Gasteiger partial charge in [-0.1, -0.05) is 42.5 Å². The van der Waals surface area contributed by atoms with Crippen molar-refractivity contribution in [3.8, 4) is 0 Å². The average Bonchev–Trinajstić information content (AvgIpc) is 3.31. The van der Waals surface area contributed by atoms with Crippen LogP contribution in [0.25, 0.3) is 0 Å². The second-order valence-corrected chi connectivity index (χ2v) is 7.97. The summed E-state index contributed by atoms with van der Waals surface area (Å²) >= 11 is 0. The van der Waals surface area contributed by atoms with Crippen molar-refractivity contribution in [3.05, 3.63) is 65.7 Å². The Morgan fingerprint density at radius 3 is 2.45 bits per heavy atom. The molecule has 2 fully saturated rings. The number of likely N-dealkylation sites (tertiary alicyclic amines) is 1. The maximum atomic E-state index is 12.8. The highest BCUT2D eigenvalue weighted by Gasteiger charge is 2.35. The molecule has 31 heavy (non-hydrogen) atoms. The number of carbonyl (C=O) groups excluding carboxylic acids is 2. The number of anilines is 1. The zero-order valence-corrected chi connectivity index (χ0v) is 17.7. The lowest BCUT2D eigenvalue weighted by Crippen LogP contribution is -2.43. The molecule has 2 heterocycles. The molecular weight excluding hydrogens is 394 g/mol. The lowest BCUT2D eigenvalue weighted by atomic mass is 10.1. The molecule has 0 spiro atoms. The molecular formula is C24H29N3O4. The van der Waals surface area contributed by atoms with Gasteiger partial charge in [0.05, 0.1) is 13.2 Å². The predicted octanol–water partition coefficient (Wildman–Crippen LogP) is 3.26. The number of carbonyl (C=O) groups is 2. The minimum absolute atomic E-state index is 0.171. The molecule has 2 aromatic rings. The number of rotatable bonds is 6. The van der Waals surface area contributed by atoms with Gasteiger partial charge in [-0.2, -0.15) is 0 Å². The van der Waals surface area contributed by atoms with Gasteiger partial charge in [0.1, 0.15) is 12.6 Å². The summed E-state index contributed by atoms with van der Waals surface area (Å²) in [5.74, 6) is -0.171. The number of morpholine rings is 1. The largest absolute Gasteiger partial charge is 0.445 e. The number of ether oxygens (including phenoxy) is 2. The van der Waals surface area contributed by atoms with E-state index in [1.54, 1.807) is 0 Å². The topological polar surface area (TPSA) is 71.1 Å². The summed E-state index contributed by atoms with van der Waals surface area (Å²) in [5.41, 5.74) is 2.86. The van der Waals surface area contributed by atoms with E-state index in [9.17, 15) is 9.59 Å². The van der Waals surface area contributed by atoms with Crippen molar-refractivity contribution in [2.24, 2.45) is 0 Å². The van der Waals surface area contributed by atoms with Gasteiger partial charge in [0.25, 0.3) is 0 Å². The molecule has 0 radical (unpaired) electrons. The van der Waals surface area contributed by atoms with E-state index in [1.807, 2.05) is 54.6 Å². The molecule has 2 saturated heterocycles. The average molecular weight is 424 g/mol. The maximum Gasteiger partial charge on any atom is 0.410 e. The fourth-order valence-electron chi connectivity index (χ4n) is 4.00. The summed E-state index contributed by atoms with van der Waals surface area (Å²) < 4.78 is 10.8. The molecule has 7 nitrogen and oxygen atoms in total. The van der Waals surface area contributed by atoms with Crippen molar-refractivity contribution >= 4 is 17.7 Å². The fourth-order valence-corrected chi connectivity index (χ4v) is 4.00. The Bertz CT molecular complexity index is 866. The SMILES string of the molecule is O=C(Nc1ccc(CN2CCOCC2)cc1)C1CCCN1C(=O)OCc1ccccc1. The molecule has 7 heteroatoms. The predicted molar refractivity (Wildman–Crippen MR) is 118 cm³/mol. The van der Waals surface area contributed by atoms with Gasteiger partial charge < -0.3 is 14.8 Å². The van der Waals surface area contributed by atoms with Crippen LogP contribution >= 0.6 is 0 Å². The Kier molecular flexibility index (Phi) is 7.17. The molecule has 2 aromatic carbocycles. The van der Waals surface area contributed by atoms with Crippen molar-refractivity contribution in [2.45, 2.75) is 32.0 Å². The van der Waals surface area contributed by atoms with Gasteiger partial charge in [-0.3, -0.25) is 14.6 Å². The molecule has 0 saturated carbocycles. The van der Waals surface area contributed by atoms with Crippen LogP contribution in [0.3, 0.4) is 0 Å². The minimum Gasteiger partial charge on any atom is -0.445 e. The highest BCUT2D eigenvalue weighted by molar-refractivity contribution is 5.96. The number of hydrogen-bond donors (Lipinski definition) is 1. The highest BCUT2D eigenvalue weighted by atomic mass is 16.6. The zero-order valence-electron chi connectivity index (χ0n) is 17.7. The first-order chi connectivity index (χ1) is 15.2. The number of hydrogen-bond acceptors (Lipinski definition) is 5. The van der Waals surface area contributed by atoms with Crippen molar-refractivity contribution in [1.29, 1.82) is 0 Å². The van der Waals surface area contributed by atoms with E-state index >= 15 is 0 Å². The summed E-state index contributed by atoms with van der Waals surface area (Å²) in [4.78, 5) is 29.2. The Morgan fingerprint density at radius 1 is 0.968 bits per heavy atom. The monoisotopic (exact) mass is 423 g/mol. The summed E-state index contributed by atoms with van der Waals surface area (Å²) in [6, 6.07) is 16.9. The van der Waals surface area contributed by atoms with Gasteiger partial charge in [0.2, 0.25) is 5.91 Å². The van der Waals surface area contributed by atoms with E-state index in [2.05, 4.69) is 10.2 Å². The van der Waals surface area contributed by atoms with Crippen LogP contribution in [0.15, 0.2) is 54.6 Å². The van der Waals surface area contributed by atoms with Gasteiger partial charge in [0.15, 0.2) is 0 Å². The first-order valence-corrected chi connectivity index (χ1v) is 10.9. The summed E-state index contributed by atoms with van der Waals surface area (Å²) in [7, 11) is 0. The van der Waals surface area contributed by atoms with Gasteiger partial charge in [0, 0.05) is 31.9 Å². The number of benzene rings is 2. The van der Waals surface area contributed by atoms with Gasteiger partial charge >= 0.3 is 6.09 Å². The molecule has 0 aromatic heterocycles. The van der Waals surface area contributed by atoms with Crippen molar-refractivity contribution in [3.63, 3.8) is 0 Å². The third-order valence-electron chi connectivity index (χ3n) is 5.73. The molecule has 4 rings (SSSR count). The molecule has 0 bridgehead atoms. The standard InChI is InChI=1S/C24H29N3O4/c28-23(25-21-10-8-19(9-11-21)17-26-13-15-30-16-14-26)22-7-4-12-27(22)24(29)31-18-20-5-2-1-3-6-20/h1-3,5-6,8-11,22H,4,7,12-18H2,(H,25,28). The van der Waals surface area contributed by atoms with Gasteiger partial charge in [-0.25, -0.2) is 4.79 Å². The van der Waals surface area contributed by atoms with Gasteiger partial charge in [-0.15, -0.1) is 0 Å². The smallest absolute Gasteiger partial charge is 0.410 e. The number of nitrogens with one attached hydrogen (secondary N) is 1. The first kappa shape index (κ1) is 21.3. The molecule has 2 amide bonds. The van der Waals surface area contributed by atoms with Crippen LogP contribution in [0.2, 0.25) is 0 Å². The quantitative estimate of drug-likeness (QED) is 0.772. The summed E-state index contributed by atoms with van der Waals surface area (Å²) in [6.07, 6.45) is 0.987. The summed E-state index contributed by atoms with van der Waals surface area (Å²) in [5, 5.41) is 2.95. The van der Waals surface area contributed by atoms with Crippen molar-refractivity contribution in [1.82, 2.24) is 9.80 Å². The fraction of sp³-hybridized carbons (Fsp3) is 0.417. The zero-order chi connectivity index (χ0) is 21.5. The lowest BCUT2D eigenvalue weighted by Gasteiger charge is -2.26. The highest BCUT2D eigenvalue weighted by Crippen LogP contribution is 2.21. The Morgan fingerprint density at radius 2 is 1.71 bits per heavy atom. The molecule has 2 aliphatic heterocycles. The van der Waals surface area contributed by atoms with E-state index in [1.165, 1.54) is 10.5 Å². The van der Waals surface area contributed by atoms with Crippen LogP contribution < -0.4 is 5.32 Å². The van der Waals surface area contributed by atoms with Crippen LogP contribution in [0.4, 0.5) is 10.5 Å². The van der Waals surface area contributed by atoms with E-state index < -0.39 is 12.1 Å². The molecule has 2 aliphatic rings. The molecule has 0 aliphatic carbocycles. The first-order valence-electron chi connectivity index (χ1n) is 10.9. The third-order valence-corrected chi connectivity index (χ3v) is 5.73. The molecule has 1 N–H and O–H groups in total. The van der Waals surface area contributed by atoms with E-state index in [0.717, 1.165) is 50.5 Å². The molecule has 1 atom stereocenters. The Labute approximate surface area is 182 Å². The molecule has 164 valence electrons. The number of amides is 2. The van der Waals surface area contributed by atoms with Crippen LogP contribution in [-0.2, 0) is 27.4 Å². The van der Waals surface area contributed by atoms with Crippen molar-refractivity contribution in [2.75, 3.05) is 38.2 Å². The minimum atomic E-state index is -0.503. The van der Waals surface area contributed by atoms with Gasteiger partial charge in [-0.05, 0) is 36.1 Å². The number of nitrogens with zero attached hydrogens (tertiary/aromatic N) is 2. The maximum absolute atomic E-state index is 12.8. The normalized spacial score (nSPS) is 19.2. The second-order valence-electron chi connectivity index (χ2n) is 7.97. The second kappa shape index (κ2) is 10.4. The van der Waals surface area contributed by atoms with Crippen LogP contribution in [0.5, 0.6) is 0 Å².